The molecule has 0 atom stereocenters. The monoisotopic (exact) mass is 495 g/mol. The van der Waals surface area contributed by atoms with E-state index in [1.807, 2.05) is 19.1 Å². The van der Waals surface area contributed by atoms with Gasteiger partial charge in [-0.05, 0) is 38.5 Å². The molecule has 3 aromatic rings. The van der Waals surface area contributed by atoms with Crippen LogP contribution in [-0.2, 0) is 23.2 Å². The first kappa shape index (κ1) is 24.0. The second kappa shape index (κ2) is 10.8. The van der Waals surface area contributed by atoms with E-state index < -0.39 is 5.97 Å². The minimum Gasteiger partial charge on any atom is -0.484 e. The van der Waals surface area contributed by atoms with E-state index in [9.17, 15) is 9.59 Å². The molecule has 0 aliphatic carbocycles. The molecule has 1 aromatic carbocycles. The molecule has 0 saturated heterocycles. The van der Waals surface area contributed by atoms with Crippen LogP contribution in [0.25, 0.3) is 0 Å². The van der Waals surface area contributed by atoms with E-state index in [2.05, 4.69) is 20.5 Å². The highest BCUT2D eigenvalue weighted by Crippen LogP contribution is 2.27. The third-order valence-corrected chi connectivity index (χ3v) is 6.59. The van der Waals surface area contributed by atoms with Crippen LogP contribution in [0.2, 0.25) is 5.02 Å². The van der Waals surface area contributed by atoms with Crippen molar-refractivity contribution in [2.24, 2.45) is 7.05 Å². The van der Waals surface area contributed by atoms with Gasteiger partial charge in [0.2, 0.25) is 5.91 Å². The fraction of sp³-hybridized carbons (Fsp3) is 0.350. The quantitative estimate of drug-likeness (QED) is 0.350. The molecule has 1 amide bonds. The molecule has 170 valence electrons. The fourth-order valence-electron chi connectivity index (χ4n) is 2.58. The van der Waals surface area contributed by atoms with Crippen molar-refractivity contribution in [1.29, 1.82) is 0 Å². The van der Waals surface area contributed by atoms with E-state index >= 15 is 0 Å². The largest absolute Gasteiger partial charge is 0.484 e. The maximum Gasteiger partial charge on any atom is 0.350 e. The minimum atomic E-state index is -0.446. The molecule has 0 radical (unpaired) electrons. The predicted octanol–water partition coefficient (Wildman–Crippen LogP) is 4.03. The Balaban J connectivity index is 1.54. The number of amides is 1. The second-order valence-electron chi connectivity index (χ2n) is 6.67. The summed E-state index contributed by atoms with van der Waals surface area (Å²) < 4.78 is 12.5. The van der Waals surface area contributed by atoms with Crippen LogP contribution in [-0.4, -0.2) is 44.0 Å². The number of carbonyl (C=O) groups is 2. The van der Waals surface area contributed by atoms with Gasteiger partial charge in [-0.1, -0.05) is 40.8 Å². The standard InChI is InChI=1S/C20H22ClN5O4S2/c1-5-29-18(28)17-12(3)22-19(32-17)23-16(27)10-31-20-25-24-15(26(20)4)9-30-14-8-11(2)6-7-13(14)21/h6-8H,5,9-10H2,1-4H3,(H,22,23,27). The van der Waals surface area contributed by atoms with Crippen molar-refractivity contribution in [2.75, 3.05) is 17.7 Å². The summed E-state index contributed by atoms with van der Waals surface area (Å²) in [6, 6.07) is 5.54. The summed E-state index contributed by atoms with van der Waals surface area (Å²) in [7, 11) is 1.80. The summed E-state index contributed by atoms with van der Waals surface area (Å²) in [5.41, 5.74) is 1.55. The van der Waals surface area contributed by atoms with E-state index in [1.165, 1.54) is 11.8 Å². The summed E-state index contributed by atoms with van der Waals surface area (Å²) in [6.07, 6.45) is 0. The topological polar surface area (TPSA) is 108 Å². The summed E-state index contributed by atoms with van der Waals surface area (Å²) in [5.74, 6) is 0.554. The van der Waals surface area contributed by atoms with Gasteiger partial charge in [-0.15, -0.1) is 10.2 Å². The van der Waals surface area contributed by atoms with E-state index in [0.29, 0.717) is 37.5 Å². The molecular weight excluding hydrogens is 474 g/mol. The lowest BCUT2D eigenvalue weighted by atomic mass is 10.2. The summed E-state index contributed by atoms with van der Waals surface area (Å²) in [6.45, 7) is 5.85. The molecule has 0 saturated carbocycles. The lowest BCUT2D eigenvalue weighted by Crippen LogP contribution is -2.14. The zero-order chi connectivity index (χ0) is 23.3. The maximum absolute atomic E-state index is 12.3. The summed E-state index contributed by atoms with van der Waals surface area (Å²) in [4.78, 5) is 28.8. The van der Waals surface area contributed by atoms with Crippen LogP contribution in [0, 0.1) is 13.8 Å². The van der Waals surface area contributed by atoms with Gasteiger partial charge in [0.15, 0.2) is 16.1 Å². The van der Waals surface area contributed by atoms with Gasteiger partial charge < -0.3 is 19.4 Å². The molecular formula is C20H22ClN5O4S2. The first-order chi connectivity index (χ1) is 15.3. The van der Waals surface area contributed by atoms with E-state index in [4.69, 9.17) is 21.1 Å². The van der Waals surface area contributed by atoms with Crippen molar-refractivity contribution in [2.45, 2.75) is 32.5 Å². The highest BCUT2D eigenvalue weighted by atomic mass is 35.5. The molecule has 0 aliphatic heterocycles. The SMILES string of the molecule is CCOC(=O)c1sc(NC(=O)CSc2nnc(COc3cc(C)ccc3Cl)n2C)nc1C. The van der Waals surface area contributed by atoms with Gasteiger partial charge in [0, 0.05) is 7.05 Å². The third-order valence-electron chi connectivity index (χ3n) is 4.20. The molecule has 1 N–H and O–H groups in total. The number of benzene rings is 1. The Labute approximate surface area is 198 Å². The van der Waals surface area contributed by atoms with Crippen molar-refractivity contribution < 1.29 is 19.1 Å². The van der Waals surface area contributed by atoms with Crippen LogP contribution in [0.3, 0.4) is 0 Å². The molecule has 0 spiro atoms. The Morgan fingerprint density at radius 3 is 2.81 bits per heavy atom. The molecule has 0 fully saturated rings. The number of aromatic nitrogens is 4. The average molecular weight is 496 g/mol. The number of thiazole rings is 1. The smallest absolute Gasteiger partial charge is 0.350 e. The second-order valence-corrected chi connectivity index (χ2v) is 9.02. The van der Waals surface area contributed by atoms with Crippen LogP contribution in [0.5, 0.6) is 5.75 Å². The highest BCUT2D eigenvalue weighted by molar-refractivity contribution is 7.99. The van der Waals surface area contributed by atoms with Crippen molar-refractivity contribution in [3.05, 3.63) is 45.2 Å². The summed E-state index contributed by atoms with van der Waals surface area (Å²) >= 11 is 8.47. The van der Waals surface area contributed by atoms with Crippen molar-refractivity contribution in [1.82, 2.24) is 19.7 Å². The van der Waals surface area contributed by atoms with Gasteiger partial charge in [-0.2, -0.15) is 0 Å². The Morgan fingerprint density at radius 1 is 1.28 bits per heavy atom. The van der Waals surface area contributed by atoms with E-state index in [-0.39, 0.29) is 24.9 Å². The Kier molecular flexibility index (Phi) is 8.10. The van der Waals surface area contributed by atoms with Crippen LogP contribution >= 0.6 is 34.7 Å². The Morgan fingerprint density at radius 2 is 2.06 bits per heavy atom. The number of hydrogen-bond donors (Lipinski definition) is 1. The molecule has 0 aliphatic rings. The molecule has 32 heavy (non-hydrogen) atoms. The van der Waals surface area contributed by atoms with Gasteiger partial charge in [-0.25, -0.2) is 9.78 Å². The van der Waals surface area contributed by atoms with Crippen LogP contribution in [0.15, 0.2) is 23.4 Å². The van der Waals surface area contributed by atoms with Gasteiger partial charge in [-0.3, -0.25) is 4.79 Å². The number of thioether (sulfide) groups is 1. The highest BCUT2D eigenvalue weighted by Gasteiger charge is 2.18. The summed E-state index contributed by atoms with van der Waals surface area (Å²) in [5, 5.41) is 12.4. The number of nitrogens with one attached hydrogen (secondary N) is 1. The normalized spacial score (nSPS) is 10.8. The molecule has 2 heterocycles. The molecule has 2 aromatic heterocycles. The number of carbonyl (C=O) groups excluding carboxylic acids is 2. The number of esters is 1. The number of anilines is 1. The number of aryl methyl sites for hydroxylation is 2. The number of halogens is 1. The first-order valence-corrected chi connectivity index (χ1v) is 11.8. The third kappa shape index (κ3) is 5.99. The zero-order valence-corrected chi connectivity index (χ0v) is 20.4. The van der Waals surface area contributed by atoms with Gasteiger partial charge in [0.05, 0.1) is 23.1 Å². The lowest BCUT2D eigenvalue weighted by Gasteiger charge is -2.09. The molecule has 0 unspecified atom stereocenters. The van der Waals surface area contributed by atoms with Crippen molar-refractivity contribution in [3.8, 4) is 5.75 Å². The Hall–Kier alpha value is -2.63. The van der Waals surface area contributed by atoms with Gasteiger partial charge in [0.25, 0.3) is 0 Å². The Bertz CT molecular complexity index is 1130. The number of ether oxygens (including phenoxy) is 2. The van der Waals surface area contributed by atoms with E-state index in [0.717, 1.165) is 16.9 Å². The van der Waals surface area contributed by atoms with Crippen LogP contribution in [0.1, 0.15) is 33.7 Å². The van der Waals surface area contributed by atoms with Crippen molar-refractivity contribution >= 4 is 51.7 Å². The van der Waals surface area contributed by atoms with Crippen LogP contribution in [0.4, 0.5) is 5.13 Å². The average Bonchev–Trinajstić information content (AvgIpc) is 3.29. The van der Waals surface area contributed by atoms with E-state index in [1.54, 1.807) is 31.5 Å². The molecule has 3 rings (SSSR count). The number of hydrogen-bond acceptors (Lipinski definition) is 9. The number of rotatable bonds is 9. The lowest BCUT2D eigenvalue weighted by molar-refractivity contribution is -0.113. The zero-order valence-electron chi connectivity index (χ0n) is 18.0. The molecule has 12 heteroatoms. The minimum absolute atomic E-state index is 0.101. The molecule has 9 nitrogen and oxygen atoms in total. The van der Waals surface area contributed by atoms with Crippen molar-refractivity contribution in [3.63, 3.8) is 0 Å². The first-order valence-electron chi connectivity index (χ1n) is 9.62. The van der Waals surface area contributed by atoms with Gasteiger partial charge in [0.1, 0.15) is 17.2 Å². The number of nitrogens with zero attached hydrogens (tertiary/aromatic N) is 4. The molecule has 0 bridgehead atoms. The van der Waals surface area contributed by atoms with Gasteiger partial charge >= 0.3 is 5.97 Å². The van der Waals surface area contributed by atoms with Crippen LogP contribution < -0.4 is 10.1 Å². The maximum atomic E-state index is 12.3. The fourth-order valence-corrected chi connectivity index (χ4v) is 4.36. The predicted molar refractivity (Wildman–Crippen MR) is 124 cm³/mol.